The van der Waals surface area contributed by atoms with E-state index < -0.39 is 36.0 Å². The van der Waals surface area contributed by atoms with E-state index in [1.807, 2.05) is 0 Å². The van der Waals surface area contributed by atoms with Crippen molar-refractivity contribution in [3.63, 3.8) is 0 Å². The zero-order chi connectivity index (χ0) is 15.2. The van der Waals surface area contributed by atoms with E-state index >= 15 is 0 Å². The first kappa shape index (κ1) is 14.4. The third kappa shape index (κ3) is 2.43. The summed E-state index contributed by atoms with van der Waals surface area (Å²) >= 11 is 0. The summed E-state index contributed by atoms with van der Waals surface area (Å²) in [5, 5.41) is 18.1. The Morgan fingerprint density at radius 1 is 1.43 bits per heavy atom. The maximum atomic E-state index is 12.0. The van der Waals surface area contributed by atoms with Gasteiger partial charge in [-0.25, -0.2) is 4.79 Å². The first-order valence-corrected chi connectivity index (χ1v) is 6.56. The van der Waals surface area contributed by atoms with Gasteiger partial charge in [-0.3, -0.25) is 15.3 Å². The first-order valence-electron chi connectivity index (χ1n) is 6.56. The molecule has 3 rings (SSSR count). The highest BCUT2D eigenvalue weighted by Gasteiger charge is 2.55. The summed E-state index contributed by atoms with van der Waals surface area (Å²) in [5.74, 6) is -0.776. The summed E-state index contributed by atoms with van der Waals surface area (Å²) in [6, 6.07) is 1.42. The minimum Gasteiger partial charge on any atom is -0.394 e. The Hall–Kier alpha value is -1.52. The Bertz CT molecular complexity index is 589. The average Bonchev–Trinajstić information content (AvgIpc) is 2.92. The van der Waals surface area contributed by atoms with E-state index in [9.17, 15) is 9.90 Å². The third-order valence-electron chi connectivity index (χ3n) is 3.52. The highest BCUT2D eigenvalue weighted by molar-refractivity contribution is 5.28. The summed E-state index contributed by atoms with van der Waals surface area (Å²) in [6.07, 6.45) is -0.877. The summed E-state index contributed by atoms with van der Waals surface area (Å²) in [7, 11) is 0. The fourth-order valence-electron chi connectivity index (χ4n) is 2.70. The number of aromatic nitrogens is 2. The molecule has 0 bridgehead atoms. The van der Waals surface area contributed by atoms with Crippen LogP contribution in [0.1, 0.15) is 20.1 Å². The van der Waals surface area contributed by atoms with Gasteiger partial charge < -0.3 is 19.3 Å². The molecule has 4 atom stereocenters. The average molecular weight is 299 g/mol. The number of nitrogens with one attached hydrogen (secondary N) is 1. The Kier molecular flexibility index (Phi) is 3.46. The van der Waals surface area contributed by atoms with Crippen molar-refractivity contribution in [1.29, 1.82) is 0 Å². The van der Waals surface area contributed by atoms with Crippen LogP contribution in [0.3, 0.4) is 0 Å². The van der Waals surface area contributed by atoms with E-state index in [0.29, 0.717) is 0 Å². The van der Waals surface area contributed by atoms with Gasteiger partial charge in [0.2, 0.25) is 0 Å². The standard InChI is InChI=1S/C12H17N3O6/c1-12(2)20-8-6(5-16)19-10(9(8)21-12)15-4-3-7(14-18)13-11(15)17/h3-4,6,8-10,16,18H,5H2,1-2H3,(H,13,14,17)/t6-,8-,9-,10-/m1/s1. The predicted molar refractivity (Wildman–Crippen MR) is 68.7 cm³/mol. The Morgan fingerprint density at radius 3 is 2.76 bits per heavy atom. The normalized spacial score (nSPS) is 33.9. The van der Waals surface area contributed by atoms with E-state index in [-0.39, 0.29) is 12.4 Å². The number of ether oxygens (including phenoxy) is 3. The molecule has 0 saturated carbocycles. The molecule has 1 aromatic heterocycles. The minimum absolute atomic E-state index is 0.0356. The predicted octanol–water partition coefficient (Wildman–Crippen LogP) is -0.546. The lowest BCUT2D eigenvalue weighted by Gasteiger charge is -2.24. The van der Waals surface area contributed by atoms with Crippen LogP contribution in [0.5, 0.6) is 0 Å². The van der Waals surface area contributed by atoms with Crippen molar-refractivity contribution in [1.82, 2.24) is 9.55 Å². The Morgan fingerprint density at radius 2 is 2.14 bits per heavy atom. The van der Waals surface area contributed by atoms with Crippen LogP contribution in [0.25, 0.3) is 0 Å². The van der Waals surface area contributed by atoms with E-state index in [4.69, 9.17) is 19.4 Å². The van der Waals surface area contributed by atoms with Crippen molar-refractivity contribution in [3.8, 4) is 0 Å². The van der Waals surface area contributed by atoms with Crippen molar-refractivity contribution in [2.45, 2.75) is 44.2 Å². The second kappa shape index (κ2) is 5.04. The number of nitrogens with zero attached hydrogens (tertiary/aromatic N) is 2. The SMILES string of the molecule is CC1(C)O[C@@H]2[C@H](O1)[C@@H](CO)O[C@H]2n1ccc(NO)nc1=O. The zero-order valence-corrected chi connectivity index (χ0v) is 11.6. The van der Waals surface area contributed by atoms with Crippen molar-refractivity contribution in [2.24, 2.45) is 0 Å². The summed E-state index contributed by atoms with van der Waals surface area (Å²) in [6.45, 7) is 3.28. The lowest BCUT2D eigenvalue weighted by molar-refractivity contribution is -0.200. The van der Waals surface area contributed by atoms with Crippen molar-refractivity contribution in [2.75, 3.05) is 12.1 Å². The Labute approximate surface area is 120 Å². The van der Waals surface area contributed by atoms with Crippen LogP contribution >= 0.6 is 0 Å². The lowest BCUT2D eigenvalue weighted by Crippen LogP contribution is -2.34. The number of hydrogen-bond acceptors (Lipinski definition) is 8. The van der Waals surface area contributed by atoms with E-state index in [0.717, 1.165) is 0 Å². The highest BCUT2D eigenvalue weighted by atomic mass is 16.8. The molecule has 21 heavy (non-hydrogen) atoms. The van der Waals surface area contributed by atoms with Gasteiger partial charge in [0.05, 0.1) is 6.61 Å². The maximum Gasteiger partial charge on any atom is 0.351 e. The Balaban J connectivity index is 1.94. The van der Waals surface area contributed by atoms with Gasteiger partial charge in [-0.15, -0.1) is 0 Å². The van der Waals surface area contributed by atoms with Gasteiger partial charge in [0.1, 0.15) is 18.3 Å². The van der Waals surface area contributed by atoms with Gasteiger partial charge >= 0.3 is 5.69 Å². The van der Waals surface area contributed by atoms with Crippen molar-refractivity contribution < 1.29 is 24.5 Å². The van der Waals surface area contributed by atoms with Crippen LogP contribution < -0.4 is 11.2 Å². The molecule has 2 aliphatic heterocycles. The van der Waals surface area contributed by atoms with E-state index in [1.54, 1.807) is 19.3 Å². The number of anilines is 1. The van der Waals surface area contributed by atoms with Crippen LogP contribution in [0.15, 0.2) is 17.1 Å². The van der Waals surface area contributed by atoms with Gasteiger partial charge in [0, 0.05) is 6.20 Å². The molecule has 0 spiro atoms. The smallest absolute Gasteiger partial charge is 0.351 e. The van der Waals surface area contributed by atoms with Gasteiger partial charge in [-0.05, 0) is 19.9 Å². The molecule has 9 nitrogen and oxygen atoms in total. The van der Waals surface area contributed by atoms with Gasteiger partial charge in [-0.1, -0.05) is 0 Å². The molecule has 3 N–H and O–H groups in total. The lowest BCUT2D eigenvalue weighted by atomic mass is 10.1. The number of aliphatic hydroxyl groups is 1. The first-order chi connectivity index (χ1) is 9.95. The second-order valence-electron chi connectivity index (χ2n) is 5.43. The second-order valence-corrected chi connectivity index (χ2v) is 5.43. The van der Waals surface area contributed by atoms with E-state index in [2.05, 4.69) is 4.98 Å². The molecule has 2 saturated heterocycles. The van der Waals surface area contributed by atoms with Crippen LogP contribution in [0.2, 0.25) is 0 Å². The molecule has 0 radical (unpaired) electrons. The summed E-state index contributed by atoms with van der Waals surface area (Å²) < 4.78 is 18.4. The molecule has 0 aromatic carbocycles. The monoisotopic (exact) mass is 299 g/mol. The third-order valence-corrected chi connectivity index (χ3v) is 3.52. The molecule has 2 aliphatic rings. The van der Waals surface area contributed by atoms with Crippen molar-refractivity contribution in [3.05, 3.63) is 22.7 Å². The number of hydrogen-bond donors (Lipinski definition) is 3. The molecule has 3 heterocycles. The van der Waals surface area contributed by atoms with Gasteiger partial charge in [0.25, 0.3) is 0 Å². The van der Waals surface area contributed by atoms with Crippen LogP contribution in [0.4, 0.5) is 5.82 Å². The molecule has 0 unspecified atom stereocenters. The van der Waals surface area contributed by atoms with E-state index in [1.165, 1.54) is 16.8 Å². The largest absolute Gasteiger partial charge is 0.394 e. The molecule has 0 amide bonds. The quantitative estimate of drug-likeness (QED) is 0.637. The van der Waals surface area contributed by atoms with Crippen molar-refractivity contribution >= 4 is 5.82 Å². The van der Waals surface area contributed by atoms with Crippen LogP contribution in [-0.4, -0.2) is 50.6 Å². The highest BCUT2D eigenvalue weighted by Crippen LogP contribution is 2.42. The maximum absolute atomic E-state index is 12.0. The number of aliphatic hydroxyl groups excluding tert-OH is 1. The molecule has 0 aliphatic carbocycles. The summed E-state index contributed by atoms with van der Waals surface area (Å²) in [5.41, 5.74) is 1.20. The fourth-order valence-corrected chi connectivity index (χ4v) is 2.70. The van der Waals surface area contributed by atoms with Crippen LogP contribution in [-0.2, 0) is 14.2 Å². The molecular weight excluding hydrogens is 282 g/mol. The van der Waals surface area contributed by atoms with Crippen LogP contribution in [0, 0.1) is 0 Å². The zero-order valence-electron chi connectivity index (χ0n) is 11.6. The minimum atomic E-state index is -0.811. The number of fused-ring (bicyclic) bond motifs is 1. The van der Waals surface area contributed by atoms with Gasteiger partial charge in [-0.2, -0.15) is 4.98 Å². The molecule has 2 fully saturated rings. The molecular formula is C12H17N3O6. The topological polar surface area (TPSA) is 115 Å². The number of rotatable bonds is 3. The molecule has 1 aromatic rings. The fraction of sp³-hybridized carbons (Fsp3) is 0.667. The summed E-state index contributed by atoms with van der Waals surface area (Å²) in [4.78, 5) is 15.6. The molecule has 116 valence electrons. The molecule has 9 heteroatoms. The van der Waals surface area contributed by atoms with Gasteiger partial charge in [0.15, 0.2) is 17.8 Å².